The topological polar surface area (TPSA) is 362 Å². The first-order valence-electron chi connectivity index (χ1n) is 16.5. The van der Waals surface area contributed by atoms with Gasteiger partial charge in [0.05, 0.1) is 25.9 Å². The standard InChI is InChI=1S/C32H50N8O13/c1-15(2)10-21(29(49)36-20(8-9-25(34)45)28(48)40-24(14-43)32(52)53)37-30(50)23(13-42)39-31(51)22(12-41)38-26(46)16(3)35-27(47)19(33)11-17-4-6-18(44)7-5-17/h4-7,15-16,19-24,41-44H,8-14,33H2,1-3H3,(H2,34,45)(H,35,47)(H,36,49)(H,37,50)(H,38,46)(H,39,51)(H,40,48)(H,52,53)/t16-,19-,20-,21-,22-,23-,24-/m0/s1. The Morgan fingerprint density at radius 2 is 1.06 bits per heavy atom. The van der Waals surface area contributed by atoms with Crippen LogP contribution in [0.4, 0.5) is 0 Å². The van der Waals surface area contributed by atoms with Crippen molar-refractivity contribution in [2.75, 3.05) is 19.8 Å². The average Bonchev–Trinajstić information content (AvgIpc) is 3.09. The van der Waals surface area contributed by atoms with Crippen LogP contribution in [-0.4, -0.2) is 135 Å². The quantitative estimate of drug-likeness (QED) is 0.0496. The number of nitrogens with one attached hydrogen (secondary N) is 6. The van der Waals surface area contributed by atoms with Gasteiger partial charge in [-0.25, -0.2) is 4.79 Å². The van der Waals surface area contributed by atoms with Crippen molar-refractivity contribution in [3.8, 4) is 5.75 Å². The van der Waals surface area contributed by atoms with Crippen molar-refractivity contribution < 1.29 is 63.9 Å². The molecule has 0 saturated heterocycles. The summed E-state index contributed by atoms with van der Waals surface area (Å²) in [6, 6.07) is -4.41. The third-order valence-electron chi connectivity index (χ3n) is 7.56. The lowest BCUT2D eigenvalue weighted by Crippen LogP contribution is -2.61. The van der Waals surface area contributed by atoms with Gasteiger partial charge in [0.1, 0.15) is 42.0 Å². The molecule has 0 spiro atoms. The minimum atomic E-state index is -1.73. The van der Waals surface area contributed by atoms with Crippen LogP contribution in [0.25, 0.3) is 0 Å². The van der Waals surface area contributed by atoms with E-state index in [-0.39, 0.29) is 30.9 Å². The molecule has 15 N–H and O–H groups in total. The largest absolute Gasteiger partial charge is 0.508 e. The summed E-state index contributed by atoms with van der Waals surface area (Å²) in [5, 5.41) is 60.9. The summed E-state index contributed by atoms with van der Waals surface area (Å²) in [6.07, 6.45) is -0.738. The number of hydrogen-bond donors (Lipinski definition) is 13. The molecule has 21 nitrogen and oxygen atoms in total. The third-order valence-corrected chi connectivity index (χ3v) is 7.56. The molecule has 0 fully saturated rings. The fraction of sp³-hybridized carbons (Fsp3) is 0.562. The molecule has 0 aliphatic heterocycles. The summed E-state index contributed by atoms with van der Waals surface area (Å²) in [5.74, 6) is -8.51. The normalized spacial score (nSPS) is 14.9. The number of phenolic OH excluding ortho intramolecular Hbond substituents is 1. The number of carboxylic acids is 1. The molecule has 53 heavy (non-hydrogen) atoms. The zero-order valence-electron chi connectivity index (χ0n) is 29.5. The number of carboxylic acid groups (broad SMARTS) is 1. The number of phenols is 1. The van der Waals surface area contributed by atoms with Crippen molar-refractivity contribution in [3.05, 3.63) is 29.8 Å². The molecule has 0 aliphatic rings. The van der Waals surface area contributed by atoms with E-state index in [4.69, 9.17) is 16.6 Å². The van der Waals surface area contributed by atoms with Crippen molar-refractivity contribution in [2.24, 2.45) is 17.4 Å². The first-order valence-corrected chi connectivity index (χ1v) is 16.5. The number of aliphatic hydroxyl groups is 3. The maximum Gasteiger partial charge on any atom is 0.328 e. The lowest BCUT2D eigenvalue weighted by Gasteiger charge is -2.27. The number of carbonyl (C=O) groups is 8. The van der Waals surface area contributed by atoms with Gasteiger partial charge in [0.2, 0.25) is 41.4 Å². The molecule has 0 aliphatic carbocycles. The molecule has 0 aromatic heterocycles. The highest BCUT2D eigenvalue weighted by atomic mass is 16.4. The van der Waals surface area contributed by atoms with E-state index in [0.717, 1.165) is 0 Å². The van der Waals surface area contributed by atoms with Gasteiger partial charge in [0.25, 0.3) is 0 Å². The summed E-state index contributed by atoms with van der Waals surface area (Å²) >= 11 is 0. The summed E-state index contributed by atoms with van der Waals surface area (Å²) in [7, 11) is 0. The third kappa shape index (κ3) is 16.2. The van der Waals surface area contributed by atoms with Crippen LogP contribution in [0.2, 0.25) is 0 Å². The molecule has 21 heteroatoms. The van der Waals surface area contributed by atoms with Crippen molar-refractivity contribution in [3.63, 3.8) is 0 Å². The van der Waals surface area contributed by atoms with E-state index in [2.05, 4.69) is 26.6 Å². The number of rotatable bonds is 23. The van der Waals surface area contributed by atoms with Gasteiger partial charge in [-0.3, -0.25) is 33.6 Å². The number of nitrogens with two attached hydrogens (primary N) is 2. The van der Waals surface area contributed by atoms with Crippen LogP contribution in [-0.2, 0) is 44.8 Å². The summed E-state index contributed by atoms with van der Waals surface area (Å²) in [4.78, 5) is 100. The van der Waals surface area contributed by atoms with E-state index >= 15 is 0 Å². The molecule has 7 atom stereocenters. The molecule has 7 amide bonds. The zero-order chi connectivity index (χ0) is 40.4. The fourth-order valence-corrected chi connectivity index (χ4v) is 4.58. The second-order valence-electron chi connectivity index (χ2n) is 12.5. The van der Waals surface area contributed by atoms with E-state index in [0.29, 0.717) is 5.56 Å². The van der Waals surface area contributed by atoms with E-state index in [9.17, 15) is 58.8 Å². The Kier molecular flexibility index (Phi) is 19.4. The van der Waals surface area contributed by atoms with E-state index in [1.165, 1.54) is 19.1 Å². The lowest BCUT2D eigenvalue weighted by molar-refractivity contribution is -0.143. The predicted molar refractivity (Wildman–Crippen MR) is 184 cm³/mol. The number of aliphatic hydroxyl groups excluding tert-OH is 3. The van der Waals surface area contributed by atoms with Crippen LogP contribution in [0.15, 0.2) is 24.3 Å². The van der Waals surface area contributed by atoms with Gasteiger partial charge in [-0.15, -0.1) is 0 Å². The van der Waals surface area contributed by atoms with Crippen LogP contribution in [0, 0.1) is 5.92 Å². The molecule has 1 aromatic rings. The van der Waals surface area contributed by atoms with Crippen molar-refractivity contribution in [1.29, 1.82) is 0 Å². The van der Waals surface area contributed by atoms with Crippen molar-refractivity contribution in [2.45, 2.75) is 88.7 Å². The smallest absolute Gasteiger partial charge is 0.328 e. The second-order valence-corrected chi connectivity index (χ2v) is 12.5. The summed E-state index contributed by atoms with van der Waals surface area (Å²) < 4.78 is 0. The molecular formula is C32H50N8O13. The monoisotopic (exact) mass is 754 g/mol. The number of aromatic hydroxyl groups is 1. The van der Waals surface area contributed by atoms with Crippen LogP contribution in [0.5, 0.6) is 5.75 Å². The van der Waals surface area contributed by atoms with Gasteiger partial charge >= 0.3 is 5.97 Å². The number of aliphatic carboxylic acids is 1. The number of benzene rings is 1. The molecule has 296 valence electrons. The SMILES string of the molecule is CC(C)C[C@H](NC(=O)[C@H](CO)NC(=O)[C@H](CO)NC(=O)[C@H](C)NC(=O)[C@@H](N)Cc1ccc(O)cc1)C(=O)N[C@@H](CCC(N)=O)C(=O)N[C@@H](CO)C(=O)O. The Balaban J connectivity index is 2.95. The van der Waals surface area contributed by atoms with E-state index in [1.807, 2.05) is 5.32 Å². The first-order chi connectivity index (χ1) is 24.8. The van der Waals surface area contributed by atoms with E-state index in [1.54, 1.807) is 26.0 Å². The molecule has 0 saturated carbocycles. The highest BCUT2D eigenvalue weighted by Gasteiger charge is 2.33. The van der Waals surface area contributed by atoms with E-state index < -0.39 is 116 Å². The lowest BCUT2D eigenvalue weighted by atomic mass is 10.0. The Morgan fingerprint density at radius 1 is 0.623 bits per heavy atom. The molecule has 0 heterocycles. The Hall–Kier alpha value is -5.38. The number of primary amides is 1. The van der Waals surface area contributed by atoms with Gasteiger partial charge in [0, 0.05) is 6.42 Å². The van der Waals surface area contributed by atoms with Crippen LogP contribution in [0.3, 0.4) is 0 Å². The van der Waals surface area contributed by atoms with Gasteiger partial charge in [0.15, 0.2) is 0 Å². The Labute approximate surface area is 304 Å². The maximum atomic E-state index is 13.3. The Bertz CT molecular complexity index is 1440. The summed E-state index contributed by atoms with van der Waals surface area (Å²) in [5.41, 5.74) is 11.7. The molecule has 0 radical (unpaired) electrons. The zero-order valence-corrected chi connectivity index (χ0v) is 29.5. The minimum absolute atomic E-state index is 0.0229. The molecule has 1 aromatic carbocycles. The summed E-state index contributed by atoms with van der Waals surface area (Å²) in [6.45, 7) is 1.71. The van der Waals surface area contributed by atoms with Gasteiger partial charge in [-0.1, -0.05) is 26.0 Å². The maximum absolute atomic E-state index is 13.3. The van der Waals surface area contributed by atoms with Crippen LogP contribution >= 0.6 is 0 Å². The van der Waals surface area contributed by atoms with Crippen LogP contribution in [0.1, 0.15) is 45.6 Å². The predicted octanol–water partition coefficient (Wildman–Crippen LogP) is -5.44. The number of hydrogen-bond acceptors (Lipinski definition) is 13. The fourth-order valence-electron chi connectivity index (χ4n) is 4.58. The van der Waals surface area contributed by atoms with Crippen molar-refractivity contribution in [1.82, 2.24) is 31.9 Å². The molecular weight excluding hydrogens is 704 g/mol. The highest BCUT2D eigenvalue weighted by molar-refractivity contribution is 5.97. The van der Waals surface area contributed by atoms with Gasteiger partial charge < -0.3 is 68.9 Å². The van der Waals surface area contributed by atoms with Crippen molar-refractivity contribution >= 4 is 47.3 Å². The van der Waals surface area contributed by atoms with Crippen LogP contribution < -0.4 is 43.4 Å². The first kappa shape index (κ1) is 45.6. The molecule has 0 bridgehead atoms. The molecule has 1 rings (SSSR count). The highest BCUT2D eigenvalue weighted by Crippen LogP contribution is 2.11. The van der Waals surface area contributed by atoms with Gasteiger partial charge in [-0.2, -0.15) is 0 Å². The average molecular weight is 755 g/mol. The number of carbonyl (C=O) groups excluding carboxylic acids is 7. The molecule has 0 unspecified atom stereocenters. The second kappa shape index (κ2) is 22.5. The number of amides is 7. The minimum Gasteiger partial charge on any atom is -0.508 e. The van der Waals surface area contributed by atoms with Gasteiger partial charge in [-0.05, 0) is 49.8 Å². The Morgan fingerprint density at radius 3 is 1.53 bits per heavy atom.